The van der Waals surface area contributed by atoms with Crippen molar-refractivity contribution in [2.45, 2.75) is 39.0 Å². The molecule has 0 aliphatic carbocycles. The Balaban J connectivity index is 2.42. The third-order valence-electron chi connectivity index (χ3n) is 4.54. The van der Waals surface area contributed by atoms with Crippen LogP contribution in [0.1, 0.15) is 26.3 Å². The van der Waals surface area contributed by atoms with Gasteiger partial charge in [-0.25, -0.2) is 4.79 Å². The summed E-state index contributed by atoms with van der Waals surface area (Å²) in [5, 5.41) is 9.54. The van der Waals surface area contributed by atoms with Gasteiger partial charge in [0.25, 0.3) is 0 Å². The minimum Gasteiger partial charge on any atom is -0.481 e. The number of carbonyl (C=O) groups is 2. The lowest BCUT2D eigenvalue weighted by atomic mass is 9.74. The molecule has 1 aromatic rings. The van der Waals surface area contributed by atoms with E-state index in [-0.39, 0.29) is 13.0 Å². The molecule has 2 atom stereocenters. The van der Waals surface area contributed by atoms with E-state index in [1.165, 1.54) is 0 Å². The Morgan fingerprint density at radius 1 is 1.30 bits per heavy atom. The molecule has 0 radical (unpaired) electrons. The number of hydrogen-bond acceptors (Lipinski definition) is 3. The molecule has 27 heavy (non-hydrogen) atoms. The zero-order chi connectivity index (χ0) is 20.6. The standard InChI is InChI=1S/C18H21BrF3NO4/c1-16(2,3)27-15(26)23-9-12(8-11-6-4-5-7-13(11)19)17(10-23,14(24)25)18(20,21)22/h4-7,12H,8-10H2,1-3H3,(H,24,25). The van der Waals surface area contributed by atoms with E-state index in [2.05, 4.69) is 15.9 Å². The second-order valence-electron chi connectivity index (χ2n) is 7.63. The zero-order valence-corrected chi connectivity index (χ0v) is 16.7. The number of alkyl halides is 3. The fraction of sp³-hybridized carbons (Fsp3) is 0.556. The highest BCUT2D eigenvalue weighted by atomic mass is 79.9. The number of amides is 1. The van der Waals surface area contributed by atoms with E-state index < -0.39 is 41.7 Å². The highest BCUT2D eigenvalue weighted by Crippen LogP contribution is 2.51. The van der Waals surface area contributed by atoms with E-state index in [9.17, 15) is 27.9 Å². The van der Waals surface area contributed by atoms with Crippen molar-refractivity contribution < 1.29 is 32.6 Å². The average molecular weight is 452 g/mol. The summed E-state index contributed by atoms with van der Waals surface area (Å²) in [5.74, 6) is -3.33. The van der Waals surface area contributed by atoms with Crippen LogP contribution < -0.4 is 0 Å². The molecule has 0 saturated carbocycles. The van der Waals surface area contributed by atoms with Crippen LogP contribution in [-0.4, -0.2) is 46.9 Å². The SMILES string of the molecule is CC(C)(C)OC(=O)N1CC(Cc2ccccc2Br)C(C(=O)O)(C(F)(F)F)C1. The Hall–Kier alpha value is -1.77. The van der Waals surface area contributed by atoms with Gasteiger partial charge in [0.05, 0.1) is 0 Å². The van der Waals surface area contributed by atoms with Crippen molar-refractivity contribution in [1.82, 2.24) is 4.90 Å². The van der Waals surface area contributed by atoms with E-state index in [0.29, 0.717) is 10.0 Å². The van der Waals surface area contributed by atoms with Gasteiger partial charge in [0.1, 0.15) is 5.60 Å². The molecule has 5 nitrogen and oxygen atoms in total. The van der Waals surface area contributed by atoms with Crippen molar-refractivity contribution >= 4 is 28.0 Å². The second-order valence-corrected chi connectivity index (χ2v) is 8.48. The topological polar surface area (TPSA) is 66.8 Å². The summed E-state index contributed by atoms with van der Waals surface area (Å²) in [4.78, 5) is 24.9. The Bertz CT molecular complexity index is 732. The Labute approximate surface area is 163 Å². The summed E-state index contributed by atoms with van der Waals surface area (Å²) in [6, 6.07) is 6.68. The second kappa shape index (κ2) is 7.33. The van der Waals surface area contributed by atoms with Crippen LogP contribution in [0, 0.1) is 11.3 Å². The van der Waals surface area contributed by atoms with E-state index in [1.54, 1.807) is 45.0 Å². The third-order valence-corrected chi connectivity index (χ3v) is 5.31. The van der Waals surface area contributed by atoms with Gasteiger partial charge in [-0.15, -0.1) is 0 Å². The molecule has 9 heteroatoms. The van der Waals surface area contributed by atoms with Gasteiger partial charge in [-0.2, -0.15) is 13.2 Å². The van der Waals surface area contributed by atoms with Gasteiger partial charge >= 0.3 is 18.2 Å². The molecular formula is C18H21BrF3NO4. The molecular weight excluding hydrogens is 431 g/mol. The van der Waals surface area contributed by atoms with Crippen molar-refractivity contribution in [2.75, 3.05) is 13.1 Å². The molecule has 1 amide bonds. The largest absolute Gasteiger partial charge is 0.481 e. The van der Waals surface area contributed by atoms with Gasteiger partial charge in [-0.05, 0) is 38.8 Å². The maximum Gasteiger partial charge on any atom is 0.410 e. The van der Waals surface area contributed by atoms with Crippen LogP contribution in [0.15, 0.2) is 28.7 Å². The molecule has 150 valence electrons. The maximum absolute atomic E-state index is 13.9. The fourth-order valence-electron chi connectivity index (χ4n) is 3.23. The Morgan fingerprint density at radius 2 is 1.89 bits per heavy atom. The minimum absolute atomic E-state index is 0.146. The fourth-order valence-corrected chi connectivity index (χ4v) is 3.68. The predicted molar refractivity (Wildman–Crippen MR) is 95.3 cm³/mol. The van der Waals surface area contributed by atoms with Gasteiger partial charge in [-0.1, -0.05) is 34.1 Å². The van der Waals surface area contributed by atoms with Crippen molar-refractivity contribution in [3.05, 3.63) is 34.3 Å². The number of likely N-dealkylation sites (tertiary alicyclic amines) is 1. The molecule has 0 spiro atoms. The molecule has 1 saturated heterocycles. The van der Waals surface area contributed by atoms with Crippen LogP contribution in [0.3, 0.4) is 0 Å². The first-order valence-corrected chi connectivity index (χ1v) is 9.08. The number of rotatable bonds is 3. The predicted octanol–water partition coefficient (Wildman–Crippen LogP) is 4.49. The summed E-state index contributed by atoms with van der Waals surface area (Å²) in [6.45, 7) is 3.44. The number of nitrogens with zero attached hydrogens (tertiary/aromatic N) is 1. The molecule has 1 fully saturated rings. The number of carboxylic acids is 1. The lowest BCUT2D eigenvalue weighted by Crippen LogP contribution is -2.52. The highest BCUT2D eigenvalue weighted by Gasteiger charge is 2.69. The minimum atomic E-state index is -5.03. The van der Waals surface area contributed by atoms with Gasteiger partial charge in [0.2, 0.25) is 0 Å². The van der Waals surface area contributed by atoms with Crippen LogP contribution in [0.5, 0.6) is 0 Å². The van der Waals surface area contributed by atoms with Crippen LogP contribution in [-0.2, 0) is 16.0 Å². The van der Waals surface area contributed by atoms with E-state index in [1.807, 2.05) is 0 Å². The van der Waals surface area contributed by atoms with Crippen LogP contribution >= 0.6 is 15.9 Å². The number of carboxylic acid groups (broad SMARTS) is 1. The number of carbonyl (C=O) groups excluding carboxylic acids is 1. The van der Waals surface area contributed by atoms with E-state index >= 15 is 0 Å². The monoisotopic (exact) mass is 451 g/mol. The quantitative estimate of drug-likeness (QED) is 0.734. The van der Waals surface area contributed by atoms with E-state index in [0.717, 1.165) is 4.90 Å². The van der Waals surface area contributed by atoms with Crippen molar-refractivity contribution in [2.24, 2.45) is 11.3 Å². The number of ether oxygens (including phenoxy) is 1. The first-order chi connectivity index (χ1) is 12.3. The summed E-state index contributed by atoms with van der Waals surface area (Å²) in [7, 11) is 0. The van der Waals surface area contributed by atoms with Crippen LogP contribution in [0.4, 0.5) is 18.0 Å². The van der Waals surface area contributed by atoms with Crippen LogP contribution in [0.2, 0.25) is 0 Å². The maximum atomic E-state index is 13.9. The lowest BCUT2D eigenvalue weighted by molar-refractivity contribution is -0.237. The molecule has 1 heterocycles. The molecule has 1 aromatic carbocycles. The summed E-state index contributed by atoms with van der Waals surface area (Å²) in [5.41, 5.74) is -3.41. The Kier molecular flexibility index (Phi) is 5.85. The molecule has 1 aliphatic heterocycles. The normalized spacial score (nSPS) is 23.4. The molecule has 2 unspecified atom stereocenters. The molecule has 2 rings (SSSR count). The van der Waals surface area contributed by atoms with Crippen molar-refractivity contribution in [3.63, 3.8) is 0 Å². The lowest BCUT2D eigenvalue weighted by Gasteiger charge is -2.32. The first-order valence-electron chi connectivity index (χ1n) is 8.29. The van der Waals surface area contributed by atoms with Gasteiger partial charge in [-0.3, -0.25) is 4.79 Å². The van der Waals surface area contributed by atoms with Crippen molar-refractivity contribution in [3.8, 4) is 0 Å². The average Bonchev–Trinajstić information content (AvgIpc) is 2.88. The van der Waals surface area contributed by atoms with Gasteiger partial charge < -0.3 is 14.7 Å². The van der Waals surface area contributed by atoms with E-state index in [4.69, 9.17) is 4.74 Å². The number of halogens is 4. The van der Waals surface area contributed by atoms with Gasteiger partial charge in [0, 0.05) is 23.5 Å². The third kappa shape index (κ3) is 4.39. The Morgan fingerprint density at radius 3 is 2.37 bits per heavy atom. The zero-order valence-electron chi connectivity index (χ0n) is 15.1. The smallest absolute Gasteiger partial charge is 0.410 e. The molecule has 1 N–H and O–H groups in total. The number of benzene rings is 1. The van der Waals surface area contributed by atoms with Gasteiger partial charge in [0.15, 0.2) is 5.41 Å². The highest BCUT2D eigenvalue weighted by molar-refractivity contribution is 9.10. The van der Waals surface area contributed by atoms with Crippen LogP contribution in [0.25, 0.3) is 0 Å². The van der Waals surface area contributed by atoms with Crippen molar-refractivity contribution in [1.29, 1.82) is 0 Å². The number of hydrogen-bond donors (Lipinski definition) is 1. The molecule has 0 aromatic heterocycles. The summed E-state index contributed by atoms with van der Waals surface area (Å²) in [6.07, 6.45) is -6.12. The molecule has 0 bridgehead atoms. The summed E-state index contributed by atoms with van der Waals surface area (Å²) >= 11 is 3.28. The number of aliphatic carboxylic acids is 1. The first kappa shape index (κ1) is 21.5. The summed E-state index contributed by atoms with van der Waals surface area (Å²) < 4.78 is 47.5. The molecule has 1 aliphatic rings.